The van der Waals surface area contributed by atoms with Crippen molar-refractivity contribution in [3.63, 3.8) is 0 Å². The van der Waals surface area contributed by atoms with E-state index in [9.17, 15) is 0 Å². The minimum absolute atomic E-state index is 0.203. The van der Waals surface area contributed by atoms with Crippen molar-refractivity contribution in [2.24, 2.45) is 11.1 Å². The molecule has 1 fully saturated rings. The molecule has 2 N–H and O–H groups in total. The number of rotatable bonds is 2. The number of hydrogen-bond acceptors (Lipinski definition) is 2. The molecule has 2 atom stereocenters. The summed E-state index contributed by atoms with van der Waals surface area (Å²) in [5, 5.41) is 0. The first-order valence-corrected chi connectivity index (χ1v) is 7.10. The lowest BCUT2D eigenvalue weighted by atomic mass is 9.74. The van der Waals surface area contributed by atoms with Gasteiger partial charge in [-0.25, -0.2) is 0 Å². The second-order valence-corrected chi connectivity index (χ2v) is 6.66. The molecule has 0 amide bonds. The van der Waals surface area contributed by atoms with Gasteiger partial charge < -0.3 is 15.0 Å². The van der Waals surface area contributed by atoms with Gasteiger partial charge in [0.15, 0.2) is 0 Å². The summed E-state index contributed by atoms with van der Waals surface area (Å²) in [6.45, 7) is 6.57. The number of nitrogens with zero attached hydrogens (tertiary/aromatic N) is 1. The predicted molar refractivity (Wildman–Crippen MR) is 72.4 cm³/mol. The first-order chi connectivity index (χ1) is 8.55. The Morgan fingerprint density at radius 2 is 2.33 bits per heavy atom. The van der Waals surface area contributed by atoms with Crippen LogP contribution in [0.2, 0.25) is 0 Å². The van der Waals surface area contributed by atoms with Crippen molar-refractivity contribution in [3.05, 3.63) is 23.5 Å². The molecule has 0 saturated carbocycles. The third-order valence-electron chi connectivity index (χ3n) is 4.36. The smallest absolute Gasteiger partial charge is 0.0754 e. The Morgan fingerprint density at radius 1 is 1.50 bits per heavy atom. The largest absolute Gasteiger partial charge is 0.376 e. The van der Waals surface area contributed by atoms with Crippen LogP contribution in [0.1, 0.15) is 50.4 Å². The summed E-state index contributed by atoms with van der Waals surface area (Å²) in [6.07, 6.45) is 7.23. The summed E-state index contributed by atoms with van der Waals surface area (Å²) >= 11 is 0. The zero-order chi connectivity index (χ0) is 12.8. The van der Waals surface area contributed by atoms with Crippen LogP contribution in [0.15, 0.2) is 12.3 Å². The van der Waals surface area contributed by atoms with Crippen molar-refractivity contribution in [3.8, 4) is 0 Å². The van der Waals surface area contributed by atoms with E-state index in [1.165, 1.54) is 24.1 Å². The number of fused-ring (bicyclic) bond motifs is 1. The highest BCUT2D eigenvalue weighted by Gasteiger charge is 2.32. The van der Waals surface area contributed by atoms with Gasteiger partial charge in [0.1, 0.15) is 0 Å². The maximum Gasteiger partial charge on any atom is 0.0754 e. The molecule has 1 aliphatic heterocycles. The molecule has 2 heterocycles. The highest BCUT2D eigenvalue weighted by Crippen LogP contribution is 2.40. The van der Waals surface area contributed by atoms with Gasteiger partial charge in [-0.3, -0.25) is 0 Å². The molecule has 18 heavy (non-hydrogen) atoms. The van der Waals surface area contributed by atoms with E-state index in [1.54, 1.807) is 0 Å². The van der Waals surface area contributed by atoms with E-state index in [1.807, 2.05) is 0 Å². The van der Waals surface area contributed by atoms with Crippen LogP contribution in [0.4, 0.5) is 0 Å². The van der Waals surface area contributed by atoms with Crippen LogP contribution >= 0.6 is 0 Å². The molecule has 1 saturated heterocycles. The third kappa shape index (κ3) is 2.21. The second kappa shape index (κ2) is 4.39. The van der Waals surface area contributed by atoms with E-state index >= 15 is 0 Å². The Morgan fingerprint density at radius 3 is 3.06 bits per heavy atom. The summed E-state index contributed by atoms with van der Waals surface area (Å²) in [7, 11) is 0. The van der Waals surface area contributed by atoms with Crippen LogP contribution in [0.5, 0.6) is 0 Å². The molecule has 100 valence electrons. The van der Waals surface area contributed by atoms with Crippen LogP contribution in [0.3, 0.4) is 0 Å². The lowest BCUT2D eigenvalue weighted by Gasteiger charge is -2.34. The maximum atomic E-state index is 6.30. The molecule has 3 heteroatoms. The summed E-state index contributed by atoms with van der Waals surface area (Å²) < 4.78 is 8.13. The molecule has 1 aromatic heterocycles. The zero-order valence-electron chi connectivity index (χ0n) is 11.5. The van der Waals surface area contributed by atoms with Gasteiger partial charge in [0.05, 0.1) is 6.10 Å². The van der Waals surface area contributed by atoms with Crippen LogP contribution in [0, 0.1) is 5.41 Å². The van der Waals surface area contributed by atoms with Crippen molar-refractivity contribution < 1.29 is 4.74 Å². The lowest BCUT2D eigenvalue weighted by Crippen LogP contribution is -2.31. The average molecular weight is 248 g/mol. The highest BCUT2D eigenvalue weighted by atomic mass is 16.5. The Kier molecular flexibility index (Phi) is 2.99. The molecule has 3 rings (SSSR count). The van der Waals surface area contributed by atoms with Crippen molar-refractivity contribution in [2.45, 2.75) is 58.2 Å². The van der Waals surface area contributed by atoms with E-state index in [4.69, 9.17) is 10.5 Å². The normalized spacial score (nSPS) is 30.4. The van der Waals surface area contributed by atoms with Crippen LogP contribution < -0.4 is 5.73 Å². The van der Waals surface area contributed by atoms with Gasteiger partial charge in [0.2, 0.25) is 0 Å². The molecule has 0 radical (unpaired) electrons. The minimum Gasteiger partial charge on any atom is -0.376 e. The van der Waals surface area contributed by atoms with Gasteiger partial charge in [0, 0.05) is 31.1 Å². The Bertz CT molecular complexity index is 430. The van der Waals surface area contributed by atoms with Crippen molar-refractivity contribution in [1.29, 1.82) is 0 Å². The number of hydrogen-bond donors (Lipinski definition) is 1. The van der Waals surface area contributed by atoms with Crippen LogP contribution in [-0.4, -0.2) is 17.3 Å². The number of aromatic nitrogens is 1. The zero-order valence-corrected chi connectivity index (χ0v) is 11.5. The summed E-state index contributed by atoms with van der Waals surface area (Å²) in [6, 6.07) is 2.42. The molecule has 0 bridgehead atoms. The molecule has 2 aliphatic rings. The molecular formula is C15H24N2O. The van der Waals surface area contributed by atoms with Gasteiger partial charge in [-0.15, -0.1) is 0 Å². The second-order valence-electron chi connectivity index (χ2n) is 6.66. The predicted octanol–water partition coefficient (Wildman–Crippen LogP) is 2.64. The Hall–Kier alpha value is -0.800. The number of nitrogens with two attached hydrogens (primary N) is 1. The molecule has 0 spiro atoms. The first kappa shape index (κ1) is 12.2. The molecule has 0 aromatic carbocycles. The fourth-order valence-electron chi connectivity index (χ4n) is 3.47. The summed E-state index contributed by atoms with van der Waals surface area (Å²) in [4.78, 5) is 0. The standard InChI is InChI=1S/C15H24N2O/c1-15(2)8-13(16)12-5-6-17(14(12)9-15)10-11-4-3-7-18-11/h5-6,11,13H,3-4,7-10,16H2,1-2H3. The van der Waals surface area contributed by atoms with Gasteiger partial charge in [-0.1, -0.05) is 13.8 Å². The van der Waals surface area contributed by atoms with Gasteiger partial charge >= 0.3 is 0 Å². The minimum atomic E-state index is 0.203. The maximum absolute atomic E-state index is 6.30. The average Bonchev–Trinajstić information content (AvgIpc) is 2.88. The SMILES string of the molecule is CC1(C)Cc2c(ccn2CC2CCCO2)C(N)C1. The van der Waals surface area contributed by atoms with Gasteiger partial charge in [-0.2, -0.15) is 0 Å². The molecule has 1 aromatic rings. The summed E-state index contributed by atoms with van der Waals surface area (Å²) in [5.41, 5.74) is 9.41. The van der Waals surface area contributed by atoms with Crippen LogP contribution in [-0.2, 0) is 17.7 Å². The Labute approximate surface area is 109 Å². The first-order valence-electron chi connectivity index (χ1n) is 7.10. The van der Waals surface area contributed by atoms with Crippen molar-refractivity contribution in [2.75, 3.05) is 6.61 Å². The van der Waals surface area contributed by atoms with E-state index in [-0.39, 0.29) is 6.04 Å². The van der Waals surface area contributed by atoms with E-state index in [2.05, 4.69) is 30.7 Å². The van der Waals surface area contributed by atoms with E-state index in [0.29, 0.717) is 11.5 Å². The van der Waals surface area contributed by atoms with E-state index < -0.39 is 0 Å². The van der Waals surface area contributed by atoms with Gasteiger partial charge in [0.25, 0.3) is 0 Å². The Balaban J connectivity index is 1.84. The molecule has 3 nitrogen and oxygen atoms in total. The monoisotopic (exact) mass is 248 g/mol. The highest BCUT2D eigenvalue weighted by molar-refractivity contribution is 5.30. The van der Waals surface area contributed by atoms with Crippen molar-refractivity contribution >= 4 is 0 Å². The fraction of sp³-hybridized carbons (Fsp3) is 0.733. The number of ether oxygens (including phenoxy) is 1. The summed E-state index contributed by atoms with van der Waals surface area (Å²) in [5.74, 6) is 0. The van der Waals surface area contributed by atoms with E-state index in [0.717, 1.165) is 26.0 Å². The quantitative estimate of drug-likeness (QED) is 0.874. The molecular weight excluding hydrogens is 224 g/mol. The van der Waals surface area contributed by atoms with Crippen molar-refractivity contribution in [1.82, 2.24) is 4.57 Å². The third-order valence-corrected chi connectivity index (χ3v) is 4.36. The van der Waals surface area contributed by atoms with Crippen LogP contribution in [0.25, 0.3) is 0 Å². The fourth-order valence-corrected chi connectivity index (χ4v) is 3.47. The lowest BCUT2D eigenvalue weighted by molar-refractivity contribution is 0.0956. The van der Waals surface area contributed by atoms with Gasteiger partial charge in [-0.05, 0) is 42.7 Å². The molecule has 1 aliphatic carbocycles. The topological polar surface area (TPSA) is 40.2 Å². The molecule has 2 unspecified atom stereocenters.